The molecule has 0 aliphatic carbocycles. The second-order valence-corrected chi connectivity index (χ2v) is 11.3. The van der Waals surface area contributed by atoms with Crippen molar-refractivity contribution in [1.29, 1.82) is 5.26 Å². The zero-order valence-electron chi connectivity index (χ0n) is 23.4. The van der Waals surface area contributed by atoms with Crippen LogP contribution in [0.1, 0.15) is 66.8 Å². The highest BCUT2D eigenvalue weighted by Gasteiger charge is 2.46. The van der Waals surface area contributed by atoms with E-state index in [1.807, 2.05) is 6.07 Å². The van der Waals surface area contributed by atoms with E-state index >= 15 is 4.39 Å². The summed E-state index contributed by atoms with van der Waals surface area (Å²) >= 11 is 6.22. The van der Waals surface area contributed by atoms with Gasteiger partial charge in [-0.15, -0.1) is 0 Å². The molecular formula is C30H31ClFN5O4. The van der Waals surface area contributed by atoms with Crippen molar-refractivity contribution in [2.24, 2.45) is 5.41 Å². The second kappa shape index (κ2) is 11.7. The fourth-order valence-corrected chi connectivity index (χ4v) is 5.32. The van der Waals surface area contributed by atoms with E-state index < -0.39 is 40.7 Å². The zero-order chi connectivity index (χ0) is 30.1. The third-order valence-corrected chi connectivity index (χ3v) is 7.57. The molecule has 2 amide bonds. The molecule has 4 rings (SSSR count). The van der Waals surface area contributed by atoms with Crippen molar-refractivity contribution in [2.45, 2.75) is 65.6 Å². The van der Waals surface area contributed by atoms with Gasteiger partial charge in [-0.25, -0.2) is 9.49 Å². The first-order valence-corrected chi connectivity index (χ1v) is 13.5. The maximum absolute atomic E-state index is 15.1. The highest BCUT2D eigenvalue weighted by Crippen LogP contribution is 2.43. The molecule has 1 saturated heterocycles. The Balaban J connectivity index is 1.57. The highest BCUT2D eigenvalue weighted by atomic mass is 35.5. The molecule has 0 bridgehead atoms. The summed E-state index contributed by atoms with van der Waals surface area (Å²) < 4.78 is 20.7. The van der Waals surface area contributed by atoms with Gasteiger partial charge in [-0.3, -0.25) is 14.4 Å². The number of ether oxygens (including phenoxy) is 1. The number of nitriles is 1. The number of hydrogen-bond donors (Lipinski definition) is 2. The summed E-state index contributed by atoms with van der Waals surface area (Å²) in [6.45, 7) is 8.37. The number of nitrogens with zero attached hydrogens (tertiary/aromatic N) is 3. The summed E-state index contributed by atoms with van der Waals surface area (Å²) in [5.74, 6) is -2.07. The number of carbonyl (C=O) groups excluding carboxylic acids is 2. The molecule has 0 spiro atoms. The lowest BCUT2D eigenvalue weighted by Gasteiger charge is -2.38. The van der Waals surface area contributed by atoms with Crippen LogP contribution in [0.5, 0.6) is 11.5 Å². The van der Waals surface area contributed by atoms with Crippen LogP contribution in [0.2, 0.25) is 5.02 Å². The molecule has 1 fully saturated rings. The van der Waals surface area contributed by atoms with Gasteiger partial charge >= 0.3 is 5.56 Å². The summed E-state index contributed by atoms with van der Waals surface area (Å²) in [6, 6.07) is 11.5. The summed E-state index contributed by atoms with van der Waals surface area (Å²) in [5, 5.41) is 19.1. The zero-order valence-corrected chi connectivity index (χ0v) is 24.2. The fraction of sp³-hybridized carbons (Fsp3) is 0.367. The number of aromatic amines is 1. The Morgan fingerprint density at radius 2 is 1.95 bits per heavy atom. The molecule has 2 aromatic carbocycles. The molecule has 1 aliphatic heterocycles. The minimum Gasteiger partial charge on any atom is -0.451 e. The van der Waals surface area contributed by atoms with Crippen LogP contribution in [-0.4, -0.2) is 39.0 Å². The second-order valence-electron chi connectivity index (χ2n) is 10.8. The molecule has 0 saturated carbocycles. The Labute approximate surface area is 242 Å². The van der Waals surface area contributed by atoms with Gasteiger partial charge in [-0.2, -0.15) is 10.4 Å². The number of aryl methyl sites for hydroxylation is 2. The lowest BCUT2D eigenvalue weighted by molar-refractivity contribution is -0.137. The molecule has 0 radical (unpaired) electrons. The number of rotatable bonds is 7. The number of amides is 2. The SMILES string of the molecule is Cc1cc(Oc2cc(F)c(C(=O)N[C@H](C)C(=O)N3C(C(C)(C)C#N)CC[C@H]3c3cccc(Cl)c3)cc2C)c(=O)[nH]n1. The van der Waals surface area contributed by atoms with Crippen LogP contribution in [0, 0.1) is 36.4 Å². The van der Waals surface area contributed by atoms with E-state index in [2.05, 4.69) is 21.6 Å². The quantitative estimate of drug-likeness (QED) is 0.387. The van der Waals surface area contributed by atoms with Crippen molar-refractivity contribution < 1.29 is 18.7 Å². The van der Waals surface area contributed by atoms with Crippen molar-refractivity contribution >= 4 is 23.4 Å². The Bertz CT molecular complexity index is 1600. The average Bonchev–Trinajstić information content (AvgIpc) is 3.38. The molecule has 3 aromatic rings. The average molecular weight is 580 g/mol. The summed E-state index contributed by atoms with van der Waals surface area (Å²) in [6.07, 6.45) is 1.22. The van der Waals surface area contributed by atoms with Crippen molar-refractivity contribution in [3.63, 3.8) is 0 Å². The predicted octanol–water partition coefficient (Wildman–Crippen LogP) is 5.37. The van der Waals surface area contributed by atoms with E-state index in [0.717, 1.165) is 11.6 Å². The van der Waals surface area contributed by atoms with Crippen LogP contribution < -0.4 is 15.6 Å². The van der Waals surface area contributed by atoms with E-state index in [1.165, 1.54) is 19.1 Å². The van der Waals surface area contributed by atoms with Gasteiger partial charge in [0.2, 0.25) is 5.91 Å². The third kappa shape index (κ3) is 6.25. The predicted molar refractivity (Wildman–Crippen MR) is 151 cm³/mol. The normalized spacial score (nSPS) is 17.6. The molecule has 214 valence electrons. The Morgan fingerprint density at radius 1 is 1.22 bits per heavy atom. The minimum atomic E-state index is -1.02. The number of benzene rings is 2. The summed E-state index contributed by atoms with van der Waals surface area (Å²) in [5.41, 5.74) is 0.0302. The minimum absolute atomic E-state index is 0.0577. The smallest absolute Gasteiger partial charge is 0.307 e. The van der Waals surface area contributed by atoms with Gasteiger partial charge in [0.15, 0.2) is 5.75 Å². The third-order valence-electron chi connectivity index (χ3n) is 7.34. The monoisotopic (exact) mass is 579 g/mol. The maximum Gasteiger partial charge on any atom is 0.307 e. The molecule has 1 aromatic heterocycles. The van der Waals surface area contributed by atoms with Crippen LogP contribution >= 0.6 is 11.6 Å². The summed E-state index contributed by atoms with van der Waals surface area (Å²) in [7, 11) is 0. The van der Waals surface area contributed by atoms with E-state index in [0.29, 0.717) is 29.1 Å². The number of hydrogen-bond acceptors (Lipinski definition) is 6. The van der Waals surface area contributed by atoms with Crippen molar-refractivity contribution in [1.82, 2.24) is 20.4 Å². The first-order valence-electron chi connectivity index (χ1n) is 13.2. The Hall–Kier alpha value is -4.23. The number of nitrogens with one attached hydrogen (secondary N) is 2. The first-order chi connectivity index (χ1) is 19.3. The van der Waals surface area contributed by atoms with E-state index in [9.17, 15) is 19.6 Å². The summed E-state index contributed by atoms with van der Waals surface area (Å²) in [4.78, 5) is 40.7. The number of H-pyrrole nitrogens is 1. The Kier molecular flexibility index (Phi) is 8.50. The molecule has 2 N–H and O–H groups in total. The van der Waals surface area contributed by atoms with Crippen LogP contribution in [0.25, 0.3) is 0 Å². The fourth-order valence-electron chi connectivity index (χ4n) is 5.13. The van der Waals surface area contributed by atoms with Gasteiger partial charge in [0.25, 0.3) is 5.91 Å². The van der Waals surface area contributed by atoms with Gasteiger partial charge in [0.1, 0.15) is 17.6 Å². The lowest BCUT2D eigenvalue weighted by Crippen LogP contribution is -2.52. The van der Waals surface area contributed by atoms with Crippen LogP contribution in [0.15, 0.2) is 47.3 Å². The number of halogens is 2. The largest absolute Gasteiger partial charge is 0.451 e. The van der Waals surface area contributed by atoms with E-state index in [1.54, 1.807) is 50.8 Å². The highest BCUT2D eigenvalue weighted by molar-refractivity contribution is 6.30. The standard InChI is InChI=1S/C30H31ClFN5O4/c1-16-11-21(22(32)14-24(16)41-25-12-17(2)35-36-28(25)39)27(38)34-18(3)29(40)37-23(19-7-6-8-20(31)13-19)9-10-26(37)30(4,5)15-33/h6-8,11-14,18,23,26H,9-10H2,1-5H3,(H,34,38)(H,36,39)/t18-,23+,26?/m1/s1. The molecule has 1 unspecified atom stereocenters. The van der Waals surface area contributed by atoms with Crippen LogP contribution in [-0.2, 0) is 4.79 Å². The van der Waals surface area contributed by atoms with Crippen molar-refractivity contribution in [3.8, 4) is 17.6 Å². The molecule has 1 aliphatic rings. The van der Waals surface area contributed by atoms with Gasteiger partial charge in [0, 0.05) is 17.2 Å². The van der Waals surface area contributed by atoms with Gasteiger partial charge < -0.3 is 15.0 Å². The van der Waals surface area contributed by atoms with E-state index in [-0.39, 0.29) is 23.1 Å². The van der Waals surface area contributed by atoms with Crippen molar-refractivity contribution in [2.75, 3.05) is 0 Å². The lowest BCUT2D eigenvalue weighted by atomic mass is 9.84. The molecule has 2 heterocycles. The first kappa shape index (κ1) is 29.7. The number of aromatic nitrogens is 2. The maximum atomic E-state index is 15.1. The van der Waals surface area contributed by atoms with Crippen LogP contribution in [0.4, 0.5) is 4.39 Å². The molecule has 11 heteroatoms. The van der Waals surface area contributed by atoms with Crippen molar-refractivity contribution in [3.05, 3.63) is 86.0 Å². The molecule has 3 atom stereocenters. The Morgan fingerprint density at radius 3 is 2.63 bits per heavy atom. The molecular weight excluding hydrogens is 549 g/mol. The van der Waals surface area contributed by atoms with E-state index in [4.69, 9.17) is 16.3 Å². The van der Waals surface area contributed by atoms with Gasteiger partial charge in [-0.05, 0) is 76.8 Å². The topological polar surface area (TPSA) is 128 Å². The molecule has 41 heavy (non-hydrogen) atoms. The van der Waals surface area contributed by atoms with Gasteiger partial charge in [-0.1, -0.05) is 23.7 Å². The molecule has 9 nitrogen and oxygen atoms in total. The van der Waals surface area contributed by atoms with Gasteiger partial charge in [0.05, 0.1) is 34.8 Å². The number of carbonyl (C=O) groups is 2. The number of likely N-dealkylation sites (tertiary alicyclic amines) is 1. The van der Waals surface area contributed by atoms with Crippen LogP contribution in [0.3, 0.4) is 0 Å².